The summed E-state index contributed by atoms with van der Waals surface area (Å²) in [7, 11) is 1.91. The zero-order chi connectivity index (χ0) is 10.7. The lowest BCUT2D eigenvalue weighted by Gasteiger charge is -2.30. The molecule has 0 radical (unpaired) electrons. The Balaban J connectivity index is 2.50. The smallest absolute Gasteiger partial charge is 0.239 e. The maximum atomic E-state index is 12.0. The van der Waals surface area contributed by atoms with Gasteiger partial charge >= 0.3 is 0 Å². The highest BCUT2D eigenvalue weighted by Gasteiger charge is 2.27. The average Bonchev–Trinajstić information content (AvgIpc) is 2.67. The zero-order valence-corrected chi connectivity index (χ0v) is 9.71. The molecule has 1 heterocycles. The molecule has 3 heteroatoms. The van der Waals surface area contributed by atoms with Gasteiger partial charge in [0.2, 0.25) is 5.91 Å². The van der Waals surface area contributed by atoms with Crippen LogP contribution in [0.3, 0.4) is 0 Å². The standard InChI is InChI=1S/C11H22N2O/c1-8(2)9(3)13(4)11(14)10-6-5-7-12-10/h8-10,12H,5-7H2,1-4H3/t9?,10-/m1/s1. The fraction of sp³-hybridized carbons (Fsp3) is 0.909. The Morgan fingerprint density at radius 1 is 1.43 bits per heavy atom. The van der Waals surface area contributed by atoms with Gasteiger partial charge < -0.3 is 10.2 Å². The third kappa shape index (κ3) is 2.47. The highest BCUT2D eigenvalue weighted by Crippen LogP contribution is 2.13. The minimum absolute atomic E-state index is 0.0706. The largest absolute Gasteiger partial charge is 0.341 e. The molecule has 1 aliphatic heterocycles. The van der Waals surface area contributed by atoms with Crippen LogP contribution in [0.2, 0.25) is 0 Å². The monoisotopic (exact) mass is 198 g/mol. The van der Waals surface area contributed by atoms with Crippen molar-refractivity contribution in [3.8, 4) is 0 Å². The summed E-state index contributed by atoms with van der Waals surface area (Å²) in [6.07, 6.45) is 2.12. The van der Waals surface area contributed by atoms with E-state index in [1.54, 1.807) is 0 Å². The van der Waals surface area contributed by atoms with Gasteiger partial charge in [0.25, 0.3) is 0 Å². The Morgan fingerprint density at radius 3 is 2.50 bits per heavy atom. The molecule has 3 nitrogen and oxygen atoms in total. The summed E-state index contributed by atoms with van der Waals surface area (Å²) in [5.74, 6) is 0.772. The second kappa shape index (κ2) is 4.78. The molecule has 0 aliphatic carbocycles. The first-order valence-electron chi connectivity index (χ1n) is 5.54. The number of likely N-dealkylation sites (N-methyl/N-ethyl adjacent to an activating group) is 1. The Labute approximate surface area is 86.9 Å². The average molecular weight is 198 g/mol. The topological polar surface area (TPSA) is 32.3 Å². The second-order valence-corrected chi connectivity index (χ2v) is 4.58. The van der Waals surface area contributed by atoms with E-state index in [0.29, 0.717) is 12.0 Å². The highest BCUT2D eigenvalue weighted by atomic mass is 16.2. The molecular weight excluding hydrogens is 176 g/mol. The number of hydrogen-bond donors (Lipinski definition) is 1. The van der Waals surface area contributed by atoms with Crippen LogP contribution in [0, 0.1) is 5.92 Å². The second-order valence-electron chi connectivity index (χ2n) is 4.58. The first-order chi connectivity index (χ1) is 6.54. The summed E-state index contributed by atoms with van der Waals surface area (Å²) in [6.45, 7) is 7.39. The molecular formula is C11H22N2O. The summed E-state index contributed by atoms with van der Waals surface area (Å²) in [4.78, 5) is 13.8. The molecule has 82 valence electrons. The van der Waals surface area contributed by atoms with E-state index in [9.17, 15) is 4.79 Å². The number of amides is 1. The van der Waals surface area contributed by atoms with Gasteiger partial charge in [-0.25, -0.2) is 0 Å². The Morgan fingerprint density at radius 2 is 2.07 bits per heavy atom. The molecule has 1 unspecified atom stereocenters. The summed E-state index contributed by atoms with van der Waals surface area (Å²) >= 11 is 0. The SMILES string of the molecule is CC(C)C(C)N(C)C(=O)[C@H]1CCCN1. The predicted octanol–water partition coefficient (Wildman–Crippen LogP) is 1.24. The van der Waals surface area contributed by atoms with Gasteiger partial charge in [-0.15, -0.1) is 0 Å². The lowest BCUT2D eigenvalue weighted by atomic mass is 10.0. The van der Waals surface area contributed by atoms with Gasteiger partial charge in [0.15, 0.2) is 0 Å². The van der Waals surface area contributed by atoms with E-state index in [2.05, 4.69) is 26.1 Å². The van der Waals surface area contributed by atoms with Crippen molar-refractivity contribution in [2.45, 2.75) is 45.7 Å². The summed E-state index contributed by atoms with van der Waals surface area (Å²) in [5, 5.41) is 3.24. The molecule has 1 aliphatic rings. The predicted molar refractivity (Wildman–Crippen MR) is 58.1 cm³/mol. The molecule has 2 atom stereocenters. The number of carbonyl (C=O) groups is 1. The van der Waals surface area contributed by atoms with Crippen LogP contribution < -0.4 is 5.32 Å². The fourth-order valence-corrected chi connectivity index (χ4v) is 1.79. The lowest BCUT2D eigenvalue weighted by molar-refractivity contribution is -0.134. The normalized spacial score (nSPS) is 23.9. The van der Waals surface area contributed by atoms with E-state index in [1.165, 1.54) is 0 Å². The third-order valence-corrected chi connectivity index (χ3v) is 3.28. The number of carbonyl (C=O) groups excluding carboxylic acids is 1. The van der Waals surface area contributed by atoms with Gasteiger partial charge in [-0.05, 0) is 32.2 Å². The van der Waals surface area contributed by atoms with Crippen molar-refractivity contribution in [1.82, 2.24) is 10.2 Å². The maximum absolute atomic E-state index is 12.0. The Kier molecular flexibility index (Phi) is 3.93. The minimum Gasteiger partial charge on any atom is -0.341 e. The van der Waals surface area contributed by atoms with Gasteiger partial charge in [0, 0.05) is 13.1 Å². The number of nitrogens with zero attached hydrogens (tertiary/aromatic N) is 1. The van der Waals surface area contributed by atoms with Crippen molar-refractivity contribution >= 4 is 5.91 Å². The van der Waals surface area contributed by atoms with Gasteiger partial charge in [-0.1, -0.05) is 13.8 Å². The first kappa shape index (κ1) is 11.5. The van der Waals surface area contributed by atoms with Crippen LogP contribution in [0.1, 0.15) is 33.6 Å². The van der Waals surface area contributed by atoms with Crippen molar-refractivity contribution in [2.75, 3.05) is 13.6 Å². The Bertz CT molecular complexity index is 197. The van der Waals surface area contributed by atoms with E-state index in [-0.39, 0.29) is 11.9 Å². The molecule has 1 N–H and O–H groups in total. The molecule has 0 spiro atoms. The van der Waals surface area contributed by atoms with Crippen LogP contribution in [0.25, 0.3) is 0 Å². The molecule has 0 aromatic rings. The van der Waals surface area contributed by atoms with E-state index >= 15 is 0 Å². The van der Waals surface area contributed by atoms with Crippen molar-refractivity contribution in [2.24, 2.45) is 5.92 Å². The molecule has 0 bridgehead atoms. The maximum Gasteiger partial charge on any atom is 0.239 e. The van der Waals surface area contributed by atoms with Crippen molar-refractivity contribution in [3.05, 3.63) is 0 Å². The molecule has 1 amide bonds. The molecule has 1 rings (SSSR count). The molecule has 0 saturated carbocycles. The Hall–Kier alpha value is -0.570. The van der Waals surface area contributed by atoms with Crippen LogP contribution in [-0.4, -0.2) is 36.5 Å². The highest BCUT2D eigenvalue weighted by molar-refractivity contribution is 5.82. The van der Waals surface area contributed by atoms with Crippen LogP contribution in [0.5, 0.6) is 0 Å². The summed E-state index contributed by atoms with van der Waals surface area (Å²) in [6, 6.07) is 0.395. The van der Waals surface area contributed by atoms with E-state index in [4.69, 9.17) is 0 Å². The van der Waals surface area contributed by atoms with Crippen LogP contribution in [-0.2, 0) is 4.79 Å². The molecule has 14 heavy (non-hydrogen) atoms. The number of nitrogens with one attached hydrogen (secondary N) is 1. The van der Waals surface area contributed by atoms with Gasteiger partial charge in [-0.2, -0.15) is 0 Å². The summed E-state index contributed by atoms with van der Waals surface area (Å²) in [5.41, 5.74) is 0. The zero-order valence-electron chi connectivity index (χ0n) is 9.71. The van der Waals surface area contributed by atoms with Crippen LogP contribution in [0.4, 0.5) is 0 Å². The summed E-state index contributed by atoms with van der Waals surface area (Å²) < 4.78 is 0. The van der Waals surface area contributed by atoms with Crippen LogP contribution >= 0.6 is 0 Å². The third-order valence-electron chi connectivity index (χ3n) is 3.28. The van der Waals surface area contributed by atoms with Crippen LogP contribution in [0.15, 0.2) is 0 Å². The molecule has 1 fully saturated rings. The number of hydrogen-bond acceptors (Lipinski definition) is 2. The molecule has 0 aromatic carbocycles. The van der Waals surface area contributed by atoms with E-state index < -0.39 is 0 Å². The van der Waals surface area contributed by atoms with E-state index in [0.717, 1.165) is 19.4 Å². The van der Waals surface area contributed by atoms with Crippen molar-refractivity contribution in [1.29, 1.82) is 0 Å². The van der Waals surface area contributed by atoms with Gasteiger partial charge in [-0.3, -0.25) is 4.79 Å². The van der Waals surface area contributed by atoms with E-state index in [1.807, 2.05) is 11.9 Å². The van der Waals surface area contributed by atoms with Crippen molar-refractivity contribution in [3.63, 3.8) is 0 Å². The lowest BCUT2D eigenvalue weighted by Crippen LogP contribution is -2.46. The van der Waals surface area contributed by atoms with Gasteiger partial charge in [0.05, 0.1) is 6.04 Å². The minimum atomic E-state index is 0.0706. The van der Waals surface area contributed by atoms with Crippen molar-refractivity contribution < 1.29 is 4.79 Å². The molecule has 0 aromatic heterocycles. The van der Waals surface area contributed by atoms with Gasteiger partial charge in [0.1, 0.15) is 0 Å². The molecule has 1 saturated heterocycles. The fourth-order valence-electron chi connectivity index (χ4n) is 1.79. The quantitative estimate of drug-likeness (QED) is 0.740. The first-order valence-corrected chi connectivity index (χ1v) is 5.54. The number of rotatable bonds is 3.